The lowest BCUT2D eigenvalue weighted by atomic mass is 9.95. The van der Waals surface area contributed by atoms with Gasteiger partial charge < -0.3 is 9.64 Å². The molecule has 1 aromatic rings. The molecule has 0 aromatic heterocycles. The molecule has 1 aliphatic heterocycles. The number of hydrogen-bond acceptors (Lipinski definition) is 3. The quantitative estimate of drug-likeness (QED) is 0.221. The molecule has 4 nitrogen and oxygen atoms in total. The van der Waals surface area contributed by atoms with Gasteiger partial charge in [0.1, 0.15) is 12.1 Å². The van der Waals surface area contributed by atoms with E-state index in [9.17, 15) is 9.59 Å². The van der Waals surface area contributed by atoms with Crippen LogP contribution in [0.4, 0.5) is 0 Å². The SMILES string of the molecule is C=C(C)CCc1ccc(CC2C(=O)OC(CCCCC)CC[C@H](C)CCCCC(=O)N2C)cc1. The number of rotatable bonds is 9. The van der Waals surface area contributed by atoms with E-state index in [4.69, 9.17) is 4.74 Å². The summed E-state index contributed by atoms with van der Waals surface area (Å²) in [4.78, 5) is 28.0. The number of carbonyl (C=O) groups is 2. The second-order valence-corrected chi connectivity index (χ2v) is 10.5. The van der Waals surface area contributed by atoms with E-state index < -0.39 is 6.04 Å². The molecule has 1 amide bonds. The number of ether oxygens (including phenoxy) is 1. The van der Waals surface area contributed by atoms with Crippen LogP contribution in [-0.2, 0) is 27.2 Å². The van der Waals surface area contributed by atoms with Crippen molar-refractivity contribution in [3.05, 3.63) is 47.5 Å². The van der Waals surface area contributed by atoms with Gasteiger partial charge in [0, 0.05) is 19.9 Å². The largest absolute Gasteiger partial charge is 0.461 e. The van der Waals surface area contributed by atoms with Gasteiger partial charge in [-0.25, -0.2) is 4.79 Å². The number of benzene rings is 1. The van der Waals surface area contributed by atoms with Crippen LogP contribution in [0.15, 0.2) is 36.4 Å². The highest BCUT2D eigenvalue weighted by Gasteiger charge is 2.30. The molecule has 0 aliphatic carbocycles. The van der Waals surface area contributed by atoms with Crippen molar-refractivity contribution in [2.24, 2.45) is 5.92 Å². The van der Waals surface area contributed by atoms with Gasteiger partial charge >= 0.3 is 5.97 Å². The molecule has 1 fully saturated rings. The highest BCUT2D eigenvalue weighted by molar-refractivity contribution is 5.84. The van der Waals surface area contributed by atoms with Crippen molar-refractivity contribution in [2.75, 3.05) is 7.05 Å². The van der Waals surface area contributed by atoms with Gasteiger partial charge in [-0.2, -0.15) is 0 Å². The van der Waals surface area contributed by atoms with Crippen LogP contribution in [0.1, 0.15) is 103 Å². The number of likely N-dealkylation sites (N-methyl/N-ethyl adjacent to an activating group) is 1. The molecule has 3 atom stereocenters. The van der Waals surface area contributed by atoms with Gasteiger partial charge in [0.05, 0.1) is 0 Å². The van der Waals surface area contributed by atoms with Gasteiger partial charge in [-0.15, -0.1) is 6.58 Å². The summed E-state index contributed by atoms with van der Waals surface area (Å²) < 4.78 is 6.11. The molecule has 190 valence electrons. The van der Waals surface area contributed by atoms with Gasteiger partial charge in [0.2, 0.25) is 5.91 Å². The van der Waals surface area contributed by atoms with Crippen molar-refractivity contribution >= 4 is 11.9 Å². The van der Waals surface area contributed by atoms with Crippen LogP contribution < -0.4 is 0 Å². The van der Waals surface area contributed by atoms with Crippen molar-refractivity contribution in [1.82, 2.24) is 4.90 Å². The van der Waals surface area contributed by atoms with E-state index in [1.54, 1.807) is 11.9 Å². The molecule has 0 N–H and O–H groups in total. The minimum absolute atomic E-state index is 0.0365. The predicted octanol–water partition coefficient (Wildman–Crippen LogP) is 7.05. The Morgan fingerprint density at radius 2 is 1.76 bits per heavy atom. The standard InChI is InChI=1S/C30H47NO3/c1-6-7-8-12-27-21-15-24(4)11-9-10-13-29(32)31(5)28(30(33)34-27)22-26-19-17-25(18-20-26)16-14-23(2)3/h17-20,24,27-28H,2,6-16,21-22H2,1,3-5H3/t24-,27?,28?/m1/s1. The maximum atomic E-state index is 13.4. The predicted molar refractivity (Wildman–Crippen MR) is 141 cm³/mol. The minimum Gasteiger partial charge on any atom is -0.461 e. The van der Waals surface area contributed by atoms with E-state index in [1.165, 1.54) is 11.1 Å². The molecule has 1 saturated heterocycles. The zero-order valence-electron chi connectivity index (χ0n) is 22.1. The number of nitrogens with zero attached hydrogens (tertiary/aromatic N) is 1. The van der Waals surface area contributed by atoms with Crippen molar-refractivity contribution in [1.29, 1.82) is 0 Å². The van der Waals surface area contributed by atoms with Crippen LogP contribution in [-0.4, -0.2) is 36.0 Å². The van der Waals surface area contributed by atoms with Crippen LogP contribution in [0.3, 0.4) is 0 Å². The third-order valence-electron chi connectivity index (χ3n) is 7.16. The number of esters is 1. The highest BCUT2D eigenvalue weighted by atomic mass is 16.5. The summed E-state index contributed by atoms with van der Waals surface area (Å²) in [5.41, 5.74) is 3.50. The average molecular weight is 470 g/mol. The zero-order valence-corrected chi connectivity index (χ0v) is 22.1. The van der Waals surface area contributed by atoms with Gasteiger partial charge in [-0.3, -0.25) is 4.79 Å². The monoisotopic (exact) mass is 469 g/mol. The van der Waals surface area contributed by atoms with Crippen molar-refractivity contribution in [2.45, 2.75) is 116 Å². The summed E-state index contributed by atoms with van der Waals surface area (Å²) in [7, 11) is 1.77. The van der Waals surface area contributed by atoms with Gasteiger partial charge in [-0.05, 0) is 68.9 Å². The summed E-state index contributed by atoms with van der Waals surface area (Å²) in [5.74, 6) is 0.380. The van der Waals surface area contributed by atoms with Gasteiger partial charge in [0.25, 0.3) is 0 Å². The summed E-state index contributed by atoms with van der Waals surface area (Å²) in [6.07, 6.45) is 12.2. The Morgan fingerprint density at radius 1 is 1.06 bits per heavy atom. The molecule has 1 aliphatic rings. The molecule has 1 aromatic carbocycles. The molecule has 0 radical (unpaired) electrons. The van der Waals surface area contributed by atoms with Gasteiger partial charge in [0.15, 0.2) is 0 Å². The number of allylic oxidation sites excluding steroid dienone is 1. The third-order valence-corrected chi connectivity index (χ3v) is 7.16. The fourth-order valence-electron chi connectivity index (χ4n) is 4.66. The summed E-state index contributed by atoms with van der Waals surface area (Å²) in [5, 5.41) is 0. The average Bonchev–Trinajstić information content (AvgIpc) is 2.82. The van der Waals surface area contributed by atoms with Crippen LogP contribution >= 0.6 is 0 Å². The number of hydrogen-bond donors (Lipinski definition) is 0. The summed E-state index contributed by atoms with van der Waals surface area (Å²) in [6.45, 7) is 10.5. The molecular formula is C30H47NO3. The molecule has 34 heavy (non-hydrogen) atoms. The van der Waals surface area contributed by atoms with Gasteiger partial charge in [-0.1, -0.05) is 69.4 Å². The fraction of sp³-hybridized carbons (Fsp3) is 0.667. The maximum absolute atomic E-state index is 13.4. The number of unbranched alkanes of at least 4 members (excludes halogenated alkanes) is 2. The first-order valence-corrected chi connectivity index (χ1v) is 13.5. The molecule has 0 saturated carbocycles. The molecular weight excluding hydrogens is 422 g/mol. The zero-order chi connectivity index (χ0) is 24.9. The first-order valence-electron chi connectivity index (χ1n) is 13.5. The Balaban J connectivity index is 2.17. The van der Waals surface area contributed by atoms with Crippen molar-refractivity contribution in [3.63, 3.8) is 0 Å². The Labute approximate surface area is 208 Å². The lowest BCUT2D eigenvalue weighted by molar-refractivity contribution is -0.159. The summed E-state index contributed by atoms with van der Waals surface area (Å²) in [6, 6.07) is 7.84. The molecule has 0 bridgehead atoms. The molecule has 0 spiro atoms. The van der Waals surface area contributed by atoms with Crippen LogP contribution in [0, 0.1) is 5.92 Å². The van der Waals surface area contributed by atoms with Crippen LogP contribution in [0.5, 0.6) is 0 Å². The lowest BCUT2D eigenvalue weighted by Gasteiger charge is -2.29. The Hall–Kier alpha value is -2.10. The molecule has 2 unspecified atom stereocenters. The van der Waals surface area contributed by atoms with E-state index in [0.717, 1.165) is 76.2 Å². The maximum Gasteiger partial charge on any atom is 0.329 e. The van der Waals surface area contributed by atoms with E-state index in [-0.39, 0.29) is 18.0 Å². The Bertz CT molecular complexity index is 770. The Morgan fingerprint density at radius 3 is 2.44 bits per heavy atom. The second-order valence-electron chi connectivity index (χ2n) is 10.5. The third kappa shape index (κ3) is 10.0. The lowest BCUT2D eigenvalue weighted by Crippen LogP contribution is -2.45. The van der Waals surface area contributed by atoms with E-state index in [2.05, 4.69) is 51.6 Å². The highest BCUT2D eigenvalue weighted by Crippen LogP contribution is 2.23. The van der Waals surface area contributed by atoms with Crippen molar-refractivity contribution in [3.8, 4) is 0 Å². The molecule has 1 heterocycles. The number of amides is 1. The fourth-order valence-corrected chi connectivity index (χ4v) is 4.66. The topological polar surface area (TPSA) is 46.6 Å². The number of cyclic esters (lactones) is 1. The molecule has 4 heteroatoms. The van der Waals surface area contributed by atoms with Crippen LogP contribution in [0.2, 0.25) is 0 Å². The smallest absolute Gasteiger partial charge is 0.329 e. The van der Waals surface area contributed by atoms with E-state index in [1.807, 2.05) is 0 Å². The Kier molecular flexibility index (Phi) is 12.4. The van der Waals surface area contributed by atoms with E-state index >= 15 is 0 Å². The van der Waals surface area contributed by atoms with Crippen molar-refractivity contribution < 1.29 is 14.3 Å². The minimum atomic E-state index is -0.583. The normalized spacial score (nSPS) is 22.9. The first-order chi connectivity index (χ1) is 16.3. The van der Waals surface area contributed by atoms with E-state index in [0.29, 0.717) is 18.8 Å². The van der Waals surface area contributed by atoms with Crippen LogP contribution in [0.25, 0.3) is 0 Å². The number of aryl methyl sites for hydroxylation is 1. The first kappa shape index (κ1) is 28.1. The second kappa shape index (κ2) is 15.0. The molecule has 2 rings (SSSR count). The summed E-state index contributed by atoms with van der Waals surface area (Å²) >= 11 is 0. The number of carbonyl (C=O) groups excluding carboxylic acids is 2.